The molecule has 1 saturated heterocycles. The Hall–Kier alpha value is -1.30. The summed E-state index contributed by atoms with van der Waals surface area (Å²) in [5.74, 6) is 0.623. The van der Waals surface area contributed by atoms with Crippen LogP contribution in [-0.2, 0) is 14.6 Å². The predicted octanol–water partition coefficient (Wildman–Crippen LogP) is 2.94. The highest BCUT2D eigenvalue weighted by Crippen LogP contribution is 2.35. The Balaban J connectivity index is 1.74. The average molecular weight is 339 g/mol. The van der Waals surface area contributed by atoms with E-state index < -0.39 is 9.84 Å². The van der Waals surface area contributed by atoms with E-state index in [2.05, 4.69) is 6.92 Å². The lowest BCUT2D eigenvalue weighted by Crippen LogP contribution is -2.44. The van der Waals surface area contributed by atoms with Gasteiger partial charge >= 0.3 is 0 Å². The van der Waals surface area contributed by atoms with E-state index in [-0.39, 0.29) is 23.0 Å². The van der Waals surface area contributed by atoms with Crippen molar-refractivity contribution in [3.05, 3.63) is 24.2 Å². The zero-order valence-electron chi connectivity index (χ0n) is 13.6. The third-order valence-corrected chi connectivity index (χ3v) is 7.33. The van der Waals surface area contributed by atoms with Gasteiger partial charge in [0.15, 0.2) is 9.84 Å². The normalized spacial score (nSPS) is 26.6. The SMILES string of the molecule is C[C@@H]1CCN(C(=O)CS(=O)(=O)C2CCCC2)[C@H](c2ccco2)C1. The highest BCUT2D eigenvalue weighted by molar-refractivity contribution is 7.92. The number of likely N-dealkylation sites (tertiary alicyclic amines) is 1. The lowest BCUT2D eigenvalue weighted by molar-refractivity contribution is -0.133. The van der Waals surface area contributed by atoms with E-state index in [0.717, 1.165) is 31.4 Å². The molecule has 2 atom stereocenters. The Kier molecular flexibility index (Phi) is 4.80. The molecule has 0 unspecified atom stereocenters. The highest BCUT2D eigenvalue weighted by atomic mass is 32.2. The van der Waals surface area contributed by atoms with Gasteiger partial charge in [0.25, 0.3) is 0 Å². The van der Waals surface area contributed by atoms with Crippen LogP contribution in [0.4, 0.5) is 0 Å². The summed E-state index contributed by atoms with van der Waals surface area (Å²) >= 11 is 0. The molecule has 1 aliphatic carbocycles. The Bertz CT molecular complexity index is 632. The third kappa shape index (κ3) is 3.62. The molecule has 2 fully saturated rings. The van der Waals surface area contributed by atoms with Crippen molar-refractivity contribution in [3.8, 4) is 0 Å². The molecule has 2 aliphatic rings. The van der Waals surface area contributed by atoms with Gasteiger partial charge in [-0.2, -0.15) is 0 Å². The maximum Gasteiger partial charge on any atom is 0.238 e. The Labute approximate surface area is 138 Å². The van der Waals surface area contributed by atoms with Crippen LogP contribution >= 0.6 is 0 Å². The van der Waals surface area contributed by atoms with E-state index in [1.807, 2.05) is 12.1 Å². The summed E-state index contributed by atoms with van der Waals surface area (Å²) in [5, 5.41) is -0.322. The number of sulfone groups is 1. The van der Waals surface area contributed by atoms with E-state index in [1.54, 1.807) is 11.2 Å². The molecule has 0 bridgehead atoms. The quantitative estimate of drug-likeness (QED) is 0.846. The molecule has 5 nitrogen and oxygen atoms in total. The van der Waals surface area contributed by atoms with E-state index in [4.69, 9.17) is 4.42 Å². The molecule has 0 aromatic carbocycles. The lowest BCUT2D eigenvalue weighted by atomic mass is 9.91. The van der Waals surface area contributed by atoms with Crippen LogP contribution in [-0.4, -0.2) is 36.8 Å². The van der Waals surface area contributed by atoms with Gasteiger partial charge in [-0.05, 0) is 43.7 Å². The Morgan fingerprint density at radius 1 is 1.30 bits per heavy atom. The fraction of sp³-hybridized carbons (Fsp3) is 0.706. The van der Waals surface area contributed by atoms with Crippen LogP contribution in [0.5, 0.6) is 0 Å². The molecule has 0 radical (unpaired) electrons. The van der Waals surface area contributed by atoms with E-state index >= 15 is 0 Å². The molecule has 1 amide bonds. The van der Waals surface area contributed by atoms with Gasteiger partial charge in [0.05, 0.1) is 17.6 Å². The standard InChI is InChI=1S/C17H25NO4S/c1-13-8-9-18(15(11-13)16-7-4-10-22-16)17(19)12-23(20,21)14-5-2-3-6-14/h4,7,10,13-15H,2-3,5-6,8-9,11-12H2,1H3/t13-,15+/m1/s1. The van der Waals surface area contributed by atoms with Gasteiger partial charge in [-0.3, -0.25) is 4.79 Å². The van der Waals surface area contributed by atoms with Crippen molar-refractivity contribution in [1.82, 2.24) is 4.90 Å². The number of piperidine rings is 1. The summed E-state index contributed by atoms with van der Waals surface area (Å²) < 4.78 is 30.4. The van der Waals surface area contributed by atoms with Crippen molar-refractivity contribution in [1.29, 1.82) is 0 Å². The fourth-order valence-corrected chi connectivity index (χ4v) is 5.61. The van der Waals surface area contributed by atoms with Crippen LogP contribution in [0, 0.1) is 5.92 Å². The summed E-state index contributed by atoms with van der Waals surface area (Å²) in [6.45, 7) is 2.76. The molecule has 2 heterocycles. The third-order valence-electron chi connectivity index (χ3n) is 5.19. The molecule has 6 heteroatoms. The highest BCUT2D eigenvalue weighted by Gasteiger charge is 2.37. The summed E-state index contributed by atoms with van der Waals surface area (Å²) in [6, 6.07) is 3.54. The molecule has 1 aliphatic heterocycles. The van der Waals surface area contributed by atoms with Gasteiger partial charge in [0.2, 0.25) is 5.91 Å². The van der Waals surface area contributed by atoms with Gasteiger partial charge < -0.3 is 9.32 Å². The molecule has 3 rings (SSSR count). The molecule has 1 aromatic heterocycles. The molecular formula is C17H25NO4S. The minimum Gasteiger partial charge on any atom is -0.467 e. The summed E-state index contributed by atoms with van der Waals surface area (Å²) in [4.78, 5) is 14.4. The predicted molar refractivity (Wildman–Crippen MR) is 87.6 cm³/mol. The topological polar surface area (TPSA) is 67.6 Å². The zero-order chi connectivity index (χ0) is 16.4. The molecule has 128 valence electrons. The minimum atomic E-state index is -3.34. The summed E-state index contributed by atoms with van der Waals surface area (Å²) in [7, 11) is -3.34. The van der Waals surface area contributed by atoms with Crippen molar-refractivity contribution in [2.45, 2.75) is 56.7 Å². The first-order valence-corrected chi connectivity index (χ1v) is 10.2. The van der Waals surface area contributed by atoms with Crippen LogP contribution < -0.4 is 0 Å². The first-order chi connectivity index (χ1) is 11.0. The van der Waals surface area contributed by atoms with Crippen LogP contribution in [0.3, 0.4) is 0 Å². The van der Waals surface area contributed by atoms with Gasteiger partial charge in [-0.25, -0.2) is 8.42 Å². The smallest absolute Gasteiger partial charge is 0.238 e. The largest absolute Gasteiger partial charge is 0.467 e. The van der Waals surface area contributed by atoms with Crippen LogP contribution in [0.15, 0.2) is 22.8 Å². The lowest BCUT2D eigenvalue weighted by Gasteiger charge is -2.37. The number of carbonyl (C=O) groups is 1. The first kappa shape index (κ1) is 16.6. The number of amides is 1. The van der Waals surface area contributed by atoms with Gasteiger partial charge in [0, 0.05) is 6.54 Å². The first-order valence-electron chi connectivity index (χ1n) is 8.52. The Morgan fingerprint density at radius 2 is 2.04 bits per heavy atom. The van der Waals surface area contributed by atoms with Crippen LogP contribution in [0.2, 0.25) is 0 Å². The maximum atomic E-state index is 12.7. The zero-order valence-corrected chi connectivity index (χ0v) is 14.4. The van der Waals surface area contributed by atoms with E-state index in [1.165, 1.54) is 0 Å². The number of hydrogen-bond donors (Lipinski definition) is 0. The number of hydrogen-bond acceptors (Lipinski definition) is 4. The molecular weight excluding hydrogens is 314 g/mol. The number of nitrogens with zero attached hydrogens (tertiary/aromatic N) is 1. The second-order valence-corrected chi connectivity index (χ2v) is 9.24. The summed E-state index contributed by atoms with van der Waals surface area (Å²) in [6.07, 6.45) is 6.65. The maximum absolute atomic E-state index is 12.7. The Morgan fingerprint density at radius 3 is 2.70 bits per heavy atom. The van der Waals surface area contributed by atoms with Crippen molar-refractivity contribution >= 4 is 15.7 Å². The average Bonchev–Trinajstić information content (AvgIpc) is 3.20. The van der Waals surface area contributed by atoms with Crippen molar-refractivity contribution < 1.29 is 17.6 Å². The van der Waals surface area contributed by atoms with Crippen LogP contribution in [0.25, 0.3) is 0 Å². The second-order valence-electron chi connectivity index (χ2n) is 6.96. The van der Waals surface area contributed by atoms with Gasteiger partial charge in [0.1, 0.15) is 11.5 Å². The van der Waals surface area contributed by atoms with Crippen LogP contribution in [0.1, 0.15) is 57.3 Å². The molecule has 0 N–H and O–H groups in total. The van der Waals surface area contributed by atoms with Crippen molar-refractivity contribution in [2.75, 3.05) is 12.3 Å². The van der Waals surface area contributed by atoms with Crippen molar-refractivity contribution in [3.63, 3.8) is 0 Å². The molecule has 23 heavy (non-hydrogen) atoms. The number of furan rings is 1. The molecule has 1 saturated carbocycles. The summed E-state index contributed by atoms with van der Waals surface area (Å²) in [5.41, 5.74) is 0. The molecule has 1 aromatic rings. The van der Waals surface area contributed by atoms with Gasteiger partial charge in [-0.15, -0.1) is 0 Å². The number of rotatable bonds is 4. The van der Waals surface area contributed by atoms with Gasteiger partial charge in [-0.1, -0.05) is 19.8 Å². The number of carbonyl (C=O) groups excluding carboxylic acids is 1. The minimum absolute atomic E-state index is 0.139. The molecule has 0 spiro atoms. The monoisotopic (exact) mass is 339 g/mol. The van der Waals surface area contributed by atoms with E-state index in [0.29, 0.717) is 25.3 Å². The second kappa shape index (κ2) is 6.67. The fourth-order valence-electron chi connectivity index (χ4n) is 3.81. The van der Waals surface area contributed by atoms with E-state index in [9.17, 15) is 13.2 Å². The van der Waals surface area contributed by atoms with Crippen molar-refractivity contribution in [2.24, 2.45) is 5.92 Å².